The Morgan fingerprint density at radius 1 is 1.04 bits per heavy atom. The molecule has 4 nitrogen and oxygen atoms in total. The zero-order valence-electron chi connectivity index (χ0n) is 14.1. The topological polar surface area (TPSA) is 59.6 Å². The number of guanidine groups is 1. The Hall–Kier alpha value is -1.76. The number of halogens is 1. The van der Waals surface area contributed by atoms with Crippen molar-refractivity contribution < 1.29 is 4.74 Å². The lowest BCUT2D eigenvalue weighted by atomic mass is 10.1. The van der Waals surface area contributed by atoms with Crippen molar-refractivity contribution in [2.45, 2.75) is 32.9 Å². The van der Waals surface area contributed by atoms with Crippen LogP contribution < -0.4 is 15.8 Å². The molecule has 0 saturated carbocycles. The van der Waals surface area contributed by atoms with Crippen molar-refractivity contribution in [3.8, 4) is 5.75 Å². The number of nitrogens with zero attached hydrogens (tertiary/aromatic N) is 1. The first kappa shape index (κ1) is 20.3. The van der Waals surface area contributed by atoms with Crippen LogP contribution in [0, 0.1) is 0 Å². The van der Waals surface area contributed by atoms with E-state index in [-0.39, 0.29) is 24.0 Å². The summed E-state index contributed by atoms with van der Waals surface area (Å²) < 4.78 is 5.73. The van der Waals surface area contributed by atoms with Gasteiger partial charge in [-0.2, -0.15) is 0 Å². The summed E-state index contributed by atoms with van der Waals surface area (Å²) in [6.07, 6.45) is 2.25. The van der Waals surface area contributed by atoms with Crippen LogP contribution in [-0.2, 0) is 13.2 Å². The highest BCUT2D eigenvalue weighted by atomic mass is 127. The fourth-order valence-electron chi connectivity index (χ4n) is 2.05. The number of aliphatic imine (C=N–C) groups is 1. The SMILES string of the molecule is CCCCNC(N)=NCc1ccc(COc2ccccc2)cc1.I. The molecular formula is C19H26IN3O. The molecule has 2 aromatic rings. The Bertz CT molecular complexity index is 600. The van der Waals surface area contributed by atoms with E-state index in [1.54, 1.807) is 0 Å². The zero-order chi connectivity index (χ0) is 16.3. The first-order chi connectivity index (χ1) is 11.3. The summed E-state index contributed by atoms with van der Waals surface area (Å²) in [5.74, 6) is 1.39. The highest BCUT2D eigenvalue weighted by Crippen LogP contribution is 2.12. The number of nitrogens with two attached hydrogens (primary N) is 1. The van der Waals surface area contributed by atoms with Crippen LogP contribution in [-0.4, -0.2) is 12.5 Å². The summed E-state index contributed by atoms with van der Waals surface area (Å²) in [7, 11) is 0. The lowest BCUT2D eigenvalue weighted by molar-refractivity contribution is 0.306. The van der Waals surface area contributed by atoms with Crippen LogP contribution in [0.3, 0.4) is 0 Å². The van der Waals surface area contributed by atoms with E-state index in [9.17, 15) is 0 Å². The van der Waals surface area contributed by atoms with Crippen LogP contribution in [0.1, 0.15) is 30.9 Å². The van der Waals surface area contributed by atoms with Gasteiger partial charge in [0, 0.05) is 6.54 Å². The number of hydrogen-bond acceptors (Lipinski definition) is 2. The second-order valence-electron chi connectivity index (χ2n) is 5.40. The van der Waals surface area contributed by atoms with Crippen LogP contribution in [0.2, 0.25) is 0 Å². The number of benzene rings is 2. The molecule has 0 bridgehead atoms. The van der Waals surface area contributed by atoms with Gasteiger partial charge in [0.1, 0.15) is 12.4 Å². The maximum atomic E-state index is 5.82. The standard InChI is InChI=1S/C19H25N3O.HI/c1-2-3-13-21-19(20)22-14-16-9-11-17(12-10-16)15-23-18-7-5-4-6-8-18;/h4-12H,2-3,13-15H2,1H3,(H3,20,21,22);1H. The Labute approximate surface area is 161 Å². The molecule has 0 unspecified atom stereocenters. The molecule has 0 atom stereocenters. The molecule has 2 rings (SSSR count). The van der Waals surface area contributed by atoms with E-state index in [0.29, 0.717) is 19.1 Å². The third-order valence-corrected chi connectivity index (χ3v) is 3.44. The van der Waals surface area contributed by atoms with Crippen LogP contribution in [0.25, 0.3) is 0 Å². The number of rotatable bonds is 8. The van der Waals surface area contributed by atoms with Gasteiger partial charge in [-0.1, -0.05) is 55.8 Å². The first-order valence-electron chi connectivity index (χ1n) is 8.07. The summed E-state index contributed by atoms with van der Waals surface area (Å²) in [6.45, 7) is 4.18. The highest BCUT2D eigenvalue weighted by molar-refractivity contribution is 14.0. The van der Waals surface area contributed by atoms with E-state index in [0.717, 1.165) is 36.3 Å². The van der Waals surface area contributed by atoms with Crippen molar-refractivity contribution in [3.63, 3.8) is 0 Å². The van der Waals surface area contributed by atoms with E-state index in [2.05, 4.69) is 41.5 Å². The first-order valence-corrected chi connectivity index (χ1v) is 8.07. The van der Waals surface area contributed by atoms with Crippen LogP contribution in [0.15, 0.2) is 59.6 Å². The molecule has 3 N–H and O–H groups in total. The maximum absolute atomic E-state index is 5.82. The number of unbranched alkanes of at least 4 members (excludes halogenated alkanes) is 1. The molecule has 5 heteroatoms. The van der Waals surface area contributed by atoms with E-state index in [4.69, 9.17) is 10.5 Å². The average molecular weight is 439 g/mol. The summed E-state index contributed by atoms with van der Waals surface area (Å²) in [6, 6.07) is 18.1. The van der Waals surface area contributed by atoms with Crippen molar-refractivity contribution >= 4 is 29.9 Å². The largest absolute Gasteiger partial charge is 0.489 e. The molecule has 0 radical (unpaired) electrons. The highest BCUT2D eigenvalue weighted by Gasteiger charge is 1.97. The smallest absolute Gasteiger partial charge is 0.188 e. The molecule has 0 spiro atoms. The van der Waals surface area contributed by atoms with Gasteiger partial charge in [-0.15, -0.1) is 24.0 Å². The number of nitrogens with one attached hydrogen (secondary N) is 1. The van der Waals surface area contributed by atoms with E-state index >= 15 is 0 Å². The van der Waals surface area contributed by atoms with Crippen molar-refractivity contribution in [2.75, 3.05) is 6.54 Å². The molecular weight excluding hydrogens is 413 g/mol. The van der Waals surface area contributed by atoms with Gasteiger partial charge in [-0.05, 0) is 29.7 Å². The number of para-hydroxylation sites is 1. The predicted octanol–water partition coefficient (Wildman–Crippen LogP) is 4.09. The third-order valence-electron chi connectivity index (χ3n) is 3.44. The molecule has 0 aliphatic carbocycles. The predicted molar refractivity (Wildman–Crippen MR) is 111 cm³/mol. The van der Waals surface area contributed by atoms with Gasteiger partial charge in [0.25, 0.3) is 0 Å². The Balaban J connectivity index is 0.00000288. The maximum Gasteiger partial charge on any atom is 0.188 e. The van der Waals surface area contributed by atoms with Gasteiger partial charge < -0.3 is 15.8 Å². The minimum absolute atomic E-state index is 0. The van der Waals surface area contributed by atoms with E-state index < -0.39 is 0 Å². The Morgan fingerprint density at radius 2 is 1.71 bits per heavy atom. The van der Waals surface area contributed by atoms with Gasteiger partial charge in [0.2, 0.25) is 0 Å². The van der Waals surface area contributed by atoms with E-state index in [1.807, 2.05) is 30.3 Å². The lowest BCUT2D eigenvalue weighted by Crippen LogP contribution is -2.32. The number of hydrogen-bond donors (Lipinski definition) is 2. The molecule has 0 heterocycles. The second-order valence-corrected chi connectivity index (χ2v) is 5.40. The van der Waals surface area contributed by atoms with Gasteiger partial charge in [-0.3, -0.25) is 0 Å². The Kier molecular flexibility index (Phi) is 9.91. The molecule has 130 valence electrons. The molecule has 2 aromatic carbocycles. The Morgan fingerprint density at radius 3 is 2.38 bits per heavy atom. The van der Waals surface area contributed by atoms with Crippen molar-refractivity contribution in [2.24, 2.45) is 10.7 Å². The van der Waals surface area contributed by atoms with Crippen LogP contribution in [0.5, 0.6) is 5.75 Å². The molecule has 0 saturated heterocycles. The van der Waals surface area contributed by atoms with Crippen LogP contribution in [0.4, 0.5) is 0 Å². The van der Waals surface area contributed by atoms with Crippen LogP contribution >= 0.6 is 24.0 Å². The van der Waals surface area contributed by atoms with Gasteiger partial charge in [0.15, 0.2) is 5.96 Å². The van der Waals surface area contributed by atoms with E-state index in [1.165, 1.54) is 0 Å². The van der Waals surface area contributed by atoms with Gasteiger partial charge >= 0.3 is 0 Å². The third kappa shape index (κ3) is 7.68. The quantitative estimate of drug-likeness (QED) is 0.282. The molecule has 24 heavy (non-hydrogen) atoms. The minimum atomic E-state index is 0. The number of ether oxygens (including phenoxy) is 1. The lowest BCUT2D eigenvalue weighted by Gasteiger charge is -2.07. The zero-order valence-corrected chi connectivity index (χ0v) is 16.4. The average Bonchev–Trinajstić information content (AvgIpc) is 2.60. The fraction of sp³-hybridized carbons (Fsp3) is 0.316. The van der Waals surface area contributed by atoms with Crippen molar-refractivity contribution in [1.82, 2.24) is 5.32 Å². The minimum Gasteiger partial charge on any atom is -0.489 e. The molecule has 0 aromatic heterocycles. The molecule has 0 fully saturated rings. The van der Waals surface area contributed by atoms with Gasteiger partial charge in [0.05, 0.1) is 6.54 Å². The monoisotopic (exact) mass is 439 g/mol. The normalized spacial score (nSPS) is 10.8. The summed E-state index contributed by atoms with van der Waals surface area (Å²) in [5, 5.41) is 3.11. The molecule has 0 aliphatic heterocycles. The second kappa shape index (κ2) is 11.7. The summed E-state index contributed by atoms with van der Waals surface area (Å²) >= 11 is 0. The summed E-state index contributed by atoms with van der Waals surface area (Å²) in [5.41, 5.74) is 8.09. The fourth-order valence-corrected chi connectivity index (χ4v) is 2.05. The molecule has 0 aliphatic rings. The van der Waals surface area contributed by atoms with Crippen molar-refractivity contribution in [1.29, 1.82) is 0 Å². The van der Waals surface area contributed by atoms with Crippen molar-refractivity contribution in [3.05, 3.63) is 65.7 Å². The molecule has 0 amide bonds. The summed E-state index contributed by atoms with van der Waals surface area (Å²) in [4.78, 5) is 4.34. The van der Waals surface area contributed by atoms with Gasteiger partial charge in [-0.25, -0.2) is 4.99 Å².